The molecule has 110 valence electrons. The van der Waals surface area contributed by atoms with Gasteiger partial charge in [0.05, 0.1) is 11.8 Å². The molecule has 0 saturated carbocycles. The van der Waals surface area contributed by atoms with E-state index in [4.69, 9.17) is 9.72 Å². The SMILES string of the molecule is CCCNC(Cc1cn2ccsc2n1)C1OCCC1C. The zero-order chi connectivity index (χ0) is 13.9. The number of hydrogen-bond acceptors (Lipinski definition) is 4. The minimum atomic E-state index is 0.321. The zero-order valence-electron chi connectivity index (χ0n) is 12.2. The van der Waals surface area contributed by atoms with Gasteiger partial charge in [0.25, 0.3) is 0 Å². The quantitative estimate of drug-likeness (QED) is 0.890. The lowest BCUT2D eigenvalue weighted by molar-refractivity contribution is 0.0608. The molecule has 0 aromatic carbocycles. The van der Waals surface area contributed by atoms with Gasteiger partial charge < -0.3 is 10.1 Å². The molecule has 0 amide bonds. The molecule has 1 aliphatic rings. The van der Waals surface area contributed by atoms with E-state index in [-0.39, 0.29) is 0 Å². The Labute approximate surface area is 124 Å². The Morgan fingerprint density at radius 2 is 2.50 bits per heavy atom. The van der Waals surface area contributed by atoms with Crippen molar-refractivity contribution in [1.29, 1.82) is 0 Å². The third-order valence-corrected chi connectivity index (χ3v) is 4.84. The third kappa shape index (κ3) is 2.90. The van der Waals surface area contributed by atoms with Gasteiger partial charge in [-0.25, -0.2) is 4.98 Å². The summed E-state index contributed by atoms with van der Waals surface area (Å²) >= 11 is 1.69. The summed E-state index contributed by atoms with van der Waals surface area (Å²) in [6.07, 6.45) is 7.81. The van der Waals surface area contributed by atoms with E-state index in [1.807, 2.05) is 0 Å². The van der Waals surface area contributed by atoms with Crippen molar-refractivity contribution in [3.8, 4) is 0 Å². The molecule has 3 heterocycles. The van der Waals surface area contributed by atoms with Crippen molar-refractivity contribution in [3.63, 3.8) is 0 Å². The molecule has 1 fully saturated rings. The minimum Gasteiger partial charge on any atom is -0.376 e. The van der Waals surface area contributed by atoms with Crippen LogP contribution in [0.5, 0.6) is 0 Å². The third-order valence-electron chi connectivity index (χ3n) is 4.07. The Morgan fingerprint density at radius 1 is 1.60 bits per heavy atom. The normalized spacial score (nSPS) is 24.5. The van der Waals surface area contributed by atoms with E-state index in [1.165, 1.54) is 6.42 Å². The predicted octanol–water partition coefficient (Wildman–Crippen LogP) is 2.73. The number of hydrogen-bond donors (Lipinski definition) is 1. The van der Waals surface area contributed by atoms with Crippen LogP contribution in [-0.2, 0) is 11.2 Å². The van der Waals surface area contributed by atoms with Gasteiger partial charge in [-0.1, -0.05) is 13.8 Å². The lowest BCUT2D eigenvalue weighted by atomic mass is 9.94. The summed E-state index contributed by atoms with van der Waals surface area (Å²) in [6.45, 7) is 6.44. The van der Waals surface area contributed by atoms with E-state index in [0.29, 0.717) is 18.1 Å². The largest absolute Gasteiger partial charge is 0.376 e. The number of nitrogens with one attached hydrogen (secondary N) is 1. The van der Waals surface area contributed by atoms with Crippen molar-refractivity contribution in [2.45, 2.75) is 45.3 Å². The lowest BCUT2D eigenvalue weighted by Gasteiger charge is -2.26. The second kappa shape index (κ2) is 6.24. The highest BCUT2D eigenvalue weighted by Crippen LogP contribution is 2.25. The average Bonchev–Trinajstić information content (AvgIpc) is 3.10. The fourth-order valence-electron chi connectivity index (χ4n) is 2.97. The summed E-state index contributed by atoms with van der Waals surface area (Å²) in [4.78, 5) is 5.78. The summed E-state index contributed by atoms with van der Waals surface area (Å²) in [5, 5.41) is 5.73. The van der Waals surface area contributed by atoms with Gasteiger partial charge in [-0.15, -0.1) is 11.3 Å². The van der Waals surface area contributed by atoms with Crippen LogP contribution < -0.4 is 5.32 Å². The van der Waals surface area contributed by atoms with Crippen molar-refractivity contribution < 1.29 is 4.74 Å². The Bertz CT molecular complexity index is 522. The molecule has 2 aromatic heterocycles. The van der Waals surface area contributed by atoms with E-state index < -0.39 is 0 Å². The van der Waals surface area contributed by atoms with Gasteiger partial charge in [-0.3, -0.25) is 4.40 Å². The van der Waals surface area contributed by atoms with Gasteiger partial charge >= 0.3 is 0 Å². The molecule has 3 rings (SSSR count). The number of ether oxygens (including phenoxy) is 1. The maximum atomic E-state index is 5.96. The molecule has 20 heavy (non-hydrogen) atoms. The number of fused-ring (bicyclic) bond motifs is 1. The first-order valence-electron chi connectivity index (χ1n) is 7.54. The van der Waals surface area contributed by atoms with E-state index in [9.17, 15) is 0 Å². The molecule has 0 bridgehead atoms. The first-order valence-corrected chi connectivity index (χ1v) is 8.42. The van der Waals surface area contributed by atoms with Crippen LogP contribution in [0.2, 0.25) is 0 Å². The van der Waals surface area contributed by atoms with Crippen molar-refractivity contribution in [1.82, 2.24) is 14.7 Å². The van der Waals surface area contributed by atoms with Gasteiger partial charge in [0.2, 0.25) is 0 Å². The fraction of sp³-hybridized carbons (Fsp3) is 0.667. The summed E-state index contributed by atoms with van der Waals surface area (Å²) < 4.78 is 8.06. The molecule has 5 heteroatoms. The smallest absolute Gasteiger partial charge is 0.193 e. The van der Waals surface area contributed by atoms with Crippen LogP contribution in [0.4, 0.5) is 0 Å². The van der Waals surface area contributed by atoms with Gasteiger partial charge in [0, 0.05) is 36.8 Å². The molecule has 0 radical (unpaired) electrons. The molecular formula is C15H23N3OS. The number of aromatic nitrogens is 2. The molecular weight excluding hydrogens is 270 g/mol. The minimum absolute atomic E-state index is 0.321. The van der Waals surface area contributed by atoms with Crippen molar-refractivity contribution >= 4 is 16.3 Å². The Balaban J connectivity index is 1.73. The summed E-state index contributed by atoms with van der Waals surface area (Å²) in [6, 6.07) is 0.372. The highest BCUT2D eigenvalue weighted by Gasteiger charge is 2.32. The van der Waals surface area contributed by atoms with Gasteiger partial charge in [0.15, 0.2) is 4.96 Å². The second-order valence-corrected chi connectivity index (χ2v) is 6.56. The van der Waals surface area contributed by atoms with Crippen molar-refractivity contribution in [3.05, 3.63) is 23.5 Å². The summed E-state index contributed by atoms with van der Waals surface area (Å²) in [5.41, 5.74) is 1.16. The fourth-order valence-corrected chi connectivity index (χ4v) is 3.68. The second-order valence-electron chi connectivity index (χ2n) is 5.69. The molecule has 1 saturated heterocycles. The first-order chi connectivity index (χ1) is 9.78. The molecule has 3 unspecified atom stereocenters. The molecule has 0 aliphatic carbocycles. The van der Waals surface area contributed by atoms with Gasteiger partial charge in [-0.2, -0.15) is 0 Å². The predicted molar refractivity (Wildman–Crippen MR) is 82.4 cm³/mol. The monoisotopic (exact) mass is 293 g/mol. The molecule has 1 N–H and O–H groups in total. The number of rotatable bonds is 6. The number of imidazole rings is 1. The maximum Gasteiger partial charge on any atom is 0.193 e. The average molecular weight is 293 g/mol. The first kappa shape index (κ1) is 14.0. The molecule has 2 aromatic rings. The lowest BCUT2D eigenvalue weighted by Crippen LogP contribution is -2.44. The van der Waals surface area contributed by atoms with Crippen LogP contribution in [0.15, 0.2) is 17.8 Å². The van der Waals surface area contributed by atoms with Gasteiger partial charge in [-0.05, 0) is 25.3 Å². The van der Waals surface area contributed by atoms with Gasteiger partial charge in [0.1, 0.15) is 0 Å². The zero-order valence-corrected chi connectivity index (χ0v) is 13.0. The molecule has 1 aliphatic heterocycles. The summed E-state index contributed by atoms with van der Waals surface area (Å²) in [5.74, 6) is 0.632. The summed E-state index contributed by atoms with van der Waals surface area (Å²) in [7, 11) is 0. The Kier molecular flexibility index (Phi) is 4.38. The van der Waals surface area contributed by atoms with E-state index in [2.05, 4.69) is 41.3 Å². The van der Waals surface area contributed by atoms with Crippen LogP contribution in [0.3, 0.4) is 0 Å². The van der Waals surface area contributed by atoms with Crippen molar-refractivity contribution in [2.24, 2.45) is 5.92 Å². The van der Waals surface area contributed by atoms with Crippen LogP contribution >= 0.6 is 11.3 Å². The highest BCUT2D eigenvalue weighted by molar-refractivity contribution is 7.15. The number of nitrogens with zero attached hydrogens (tertiary/aromatic N) is 2. The van der Waals surface area contributed by atoms with Crippen LogP contribution in [0.25, 0.3) is 4.96 Å². The van der Waals surface area contributed by atoms with E-state index in [0.717, 1.165) is 36.6 Å². The molecule has 0 spiro atoms. The maximum absolute atomic E-state index is 5.96. The van der Waals surface area contributed by atoms with E-state index in [1.54, 1.807) is 11.3 Å². The molecule has 4 nitrogen and oxygen atoms in total. The molecule has 3 atom stereocenters. The topological polar surface area (TPSA) is 38.6 Å². The Morgan fingerprint density at radius 3 is 3.20 bits per heavy atom. The van der Waals surface area contributed by atoms with Crippen LogP contribution in [0.1, 0.15) is 32.4 Å². The number of thiazole rings is 1. The van der Waals surface area contributed by atoms with Crippen LogP contribution in [-0.4, -0.2) is 34.7 Å². The van der Waals surface area contributed by atoms with E-state index >= 15 is 0 Å². The standard InChI is InChI=1S/C15H23N3OS/c1-3-5-16-13(14-11(2)4-7-19-14)9-12-10-18-6-8-20-15(18)17-12/h6,8,10-11,13-14,16H,3-5,7,9H2,1-2H3. The van der Waals surface area contributed by atoms with Crippen LogP contribution in [0, 0.1) is 5.92 Å². The highest BCUT2D eigenvalue weighted by atomic mass is 32.1. The van der Waals surface area contributed by atoms with Crippen molar-refractivity contribution in [2.75, 3.05) is 13.2 Å². The Hall–Kier alpha value is -0.910.